The van der Waals surface area contributed by atoms with Gasteiger partial charge in [-0.05, 0) is 71.7 Å². The summed E-state index contributed by atoms with van der Waals surface area (Å²) < 4.78 is 64.6. The summed E-state index contributed by atoms with van der Waals surface area (Å²) in [6.07, 6.45) is -2.72. The third-order valence-electron chi connectivity index (χ3n) is 5.96. The Morgan fingerprint density at radius 1 is 1.07 bits per heavy atom. The van der Waals surface area contributed by atoms with E-state index in [4.69, 9.17) is 0 Å². The molecule has 0 atom stereocenters. The topological polar surface area (TPSA) is 57.7 Å². The van der Waals surface area contributed by atoms with Crippen molar-refractivity contribution in [3.63, 3.8) is 0 Å². The van der Waals surface area contributed by atoms with Crippen molar-refractivity contribution in [2.24, 2.45) is 0 Å². The molecule has 0 spiro atoms. The van der Waals surface area contributed by atoms with Crippen molar-refractivity contribution in [2.45, 2.75) is 74.4 Å². The van der Waals surface area contributed by atoms with Crippen LogP contribution in [0.4, 0.5) is 13.2 Å². The van der Waals surface area contributed by atoms with Crippen molar-refractivity contribution < 1.29 is 26.4 Å². The SMILES string of the molecule is CN(CC(=O)N(C)C(C)(C)C)C1CCC(S(=O)(=O)c2cccc(C(F)(F)F)c2)CC1. The predicted octanol–water partition coefficient (Wildman–Crippen LogP) is 3.98. The largest absolute Gasteiger partial charge is 0.416 e. The van der Waals surface area contributed by atoms with Gasteiger partial charge in [0.2, 0.25) is 5.91 Å². The molecule has 0 aliphatic heterocycles. The Hall–Kier alpha value is -1.61. The van der Waals surface area contributed by atoms with E-state index in [1.165, 1.54) is 6.07 Å². The Morgan fingerprint density at radius 2 is 1.63 bits per heavy atom. The molecule has 9 heteroatoms. The third-order valence-corrected chi connectivity index (χ3v) is 8.22. The summed E-state index contributed by atoms with van der Waals surface area (Å²) in [4.78, 5) is 15.8. The minimum atomic E-state index is -4.58. The van der Waals surface area contributed by atoms with Crippen LogP contribution in [0.2, 0.25) is 0 Å². The minimum absolute atomic E-state index is 0.0105. The number of sulfone groups is 1. The number of carbonyl (C=O) groups excluding carboxylic acids is 1. The molecule has 30 heavy (non-hydrogen) atoms. The molecule has 1 aliphatic rings. The Balaban J connectivity index is 2.02. The van der Waals surface area contributed by atoms with Gasteiger partial charge in [0.25, 0.3) is 0 Å². The van der Waals surface area contributed by atoms with Gasteiger partial charge in [-0.15, -0.1) is 0 Å². The molecule has 0 heterocycles. The zero-order valence-electron chi connectivity index (χ0n) is 18.2. The van der Waals surface area contributed by atoms with Crippen LogP contribution in [0.25, 0.3) is 0 Å². The number of likely N-dealkylation sites (N-methyl/N-ethyl adjacent to an activating group) is 2. The second kappa shape index (κ2) is 8.86. The van der Waals surface area contributed by atoms with Crippen LogP contribution in [-0.4, -0.2) is 61.6 Å². The van der Waals surface area contributed by atoms with E-state index in [-0.39, 0.29) is 28.9 Å². The van der Waals surface area contributed by atoms with E-state index in [1.807, 2.05) is 32.7 Å². The molecular formula is C21H31F3N2O3S. The number of hydrogen-bond donors (Lipinski definition) is 0. The number of hydrogen-bond acceptors (Lipinski definition) is 4. The number of nitrogens with zero attached hydrogens (tertiary/aromatic N) is 2. The van der Waals surface area contributed by atoms with Crippen molar-refractivity contribution in [3.8, 4) is 0 Å². The maximum Gasteiger partial charge on any atom is 0.416 e. The quantitative estimate of drug-likeness (QED) is 0.684. The number of halogens is 3. The number of alkyl halides is 3. The lowest BCUT2D eigenvalue weighted by Gasteiger charge is -2.37. The Morgan fingerprint density at radius 3 is 2.13 bits per heavy atom. The van der Waals surface area contributed by atoms with Crippen molar-refractivity contribution in [1.29, 1.82) is 0 Å². The molecule has 0 bridgehead atoms. The van der Waals surface area contributed by atoms with Crippen LogP contribution in [0.1, 0.15) is 52.0 Å². The van der Waals surface area contributed by atoms with Gasteiger partial charge in [-0.2, -0.15) is 13.2 Å². The van der Waals surface area contributed by atoms with Gasteiger partial charge in [-0.25, -0.2) is 8.42 Å². The summed E-state index contributed by atoms with van der Waals surface area (Å²) >= 11 is 0. The highest BCUT2D eigenvalue weighted by molar-refractivity contribution is 7.92. The number of rotatable bonds is 5. The summed E-state index contributed by atoms with van der Waals surface area (Å²) in [7, 11) is -0.237. The Kier molecular flexibility index (Phi) is 7.29. The first-order chi connectivity index (χ1) is 13.6. The summed E-state index contributed by atoms with van der Waals surface area (Å²) in [6.45, 7) is 6.10. The molecule has 0 N–H and O–H groups in total. The highest BCUT2D eigenvalue weighted by atomic mass is 32.2. The highest BCUT2D eigenvalue weighted by Gasteiger charge is 2.36. The highest BCUT2D eigenvalue weighted by Crippen LogP contribution is 2.34. The van der Waals surface area contributed by atoms with Crippen LogP contribution in [0.15, 0.2) is 29.2 Å². The van der Waals surface area contributed by atoms with E-state index in [1.54, 1.807) is 11.9 Å². The molecular weight excluding hydrogens is 417 g/mol. The molecule has 0 unspecified atom stereocenters. The van der Waals surface area contributed by atoms with Gasteiger partial charge in [0.1, 0.15) is 0 Å². The summed E-state index contributed by atoms with van der Waals surface area (Å²) in [5.74, 6) is -0.0105. The van der Waals surface area contributed by atoms with Gasteiger partial charge in [0.05, 0.1) is 22.3 Å². The van der Waals surface area contributed by atoms with Gasteiger partial charge in [-0.3, -0.25) is 9.69 Å². The smallest absolute Gasteiger partial charge is 0.340 e. The molecule has 1 amide bonds. The van der Waals surface area contributed by atoms with E-state index in [2.05, 4.69) is 0 Å². The fraction of sp³-hybridized carbons (Fsp3) is 0.667. The molecule has 1 aromatic carbocycles. The van der Waals surface area contributed by atoms with Crippen LogP contribution in [0, 0.1) is 0 Å². The average molecular weight is 449 g/mol. The lowest BCUT2D eigenvalue weighted by molar-refractivity contribution is -0.138. The number of carbonyl (C=O) groups is 1. The maximum atomic E-state index is 12.9. The van der Waals surface area contributed by atoms with Gasteiger partial charge in [0.15, 0.2) is 9.84 Å². The fourth-order valence-corrected chi connectivity index (χ4v) is 5.50. The molecule has 1 fully saturated rings. The second-order valence-corrected chi connectivity index (χ2v) is 11.3. The number of amides is 1. The zero-order valence-corrected chi connectivity index (χ0v) is 19.0. The standard InChI is InChI=1S/C21H31F3N2O3S/c1-20(2,3)26(5)19(27)14-25(4)16-9-11-17(12-10-16)30(28,29)18-8-6-7-15(13-18)21(22,23)24/h6-8,13,16-17H,9-12,14H2,1-5H3. The fourth-order valence-electron chi connectivity index (χ4n) is 3.66. The first-order valence-electron chi connectivity index (χ1n) is 10.0. The molecule has 2 rings (SSSR count). The van der Waals surface area contributed by atoms with E-state index >= 15 is 0 Å². The molecule has 170 valence electrons. The average Bonchev–Trinajstić information content (AvgIpc) is 2.66. The summed E-state index contributed by atoms with van der Waals surface area (Å²) in [6, 6.07) is 4.01. The van der Waals surface area contributed by atoms with Gasteiger partial charge < -0.3 is 4.90 Å². The zero-order chi connectivity index (χ0) is 22.9. The Labute approximate surface area is 177 Å². The van der Waals surface area contributed by atoms with Crippen LogP contribution in [0.3, 0.4) is 0 Å². The van der Waals surface area contributed by atoms with Crippen molar-refractivity contribution in [2.75, 3.05) is 20.6 Å². The van der Waals surface area contributed by atoms with Crippen molar-refractivity contribution in [1.82, 2.24) is 9.80 Å². The second-order valence-electron chi connectivity index (χ2n) is 9.04. The molecule has 1 saturated carbocycles. The van der Waals surface area contributed by atoms with E-state index in [0.29, 0.717) is 31.7 Å². The molecule has 5 nitrogen and oxygen atoms in total. The first kappa shape index (κ1) is 24.7. The number of benzene rings is 1. The van der Waals surface area contributed by atoms with Crippen molar-refractivity contribution in [3.05, 3.63) is 29.8 Å². The predicted molar refractivity (Wildman–Crippen MR) is 110 cm³/mol. The van der Waals surface area contributed by atoms with Crippen LogP contribution in [-0.2, 0) is 20.8 Å². The summed E-state index contributed by atoms with van der Waals surface area (Å²) in [5.41, 5.74) is -1.24. The van der Waals surface area contributed by atoms with Crippen LogP contribution >= 0.6 is 0 Å². The van der Waals surface area contributed by atoms with Gasteiger partial charge in [-0.1, -0.05) is 6.07 Å². The monoisotopic (exact) mass is 448 g/mol. The first-order valence-corrected chi connectivity index (χ1v) is 11.6. The lowest BCUT2D eigenvalue weighted by atomic mass is 9.94. The molecule has 1 aromatic rings. The molecule has 0 saturated heterocycles. The van der Waals surface area contributed by atoms with Gasteiger partial charge in [0, 0.05) is 18.6 Å². The molecule has 0 aromatic heterocycles. The van der Waals surface area contributed by atoms with Gasteiger partial charge >= 0.3 is 6.18 Å². The third kappa shape index (κ3) is 5.75. The lowest BCUT2D eigenvalue weighted by Crippen LogP contribution is -2.49. The Bertz CT molecular complexity index is 855. The molecule has 1 aliphatic carbocycles. The summed E-state index contributed by atoms with van der Waals surface area (Å²) in [5, 5.41) is -0.710. The van der Waals surface area contributed by atoms with Crippen LogP contribution in [0.5, 0.6) is 0 Å². The maximum absolute atomic E-state index is 12.9. The minimum Gasteiger partial charge on any atom is -0.340 e. The van der Waals surface area contributed by atoms with E-state index < -0.39 is 26.8 Å². The molecule has 0 radical (unpaired) electrons. The normalized spacial score (nSPS) is 21.0. The van der Waals surface area contributed by atoms with Crippen molar-refractivity contribution >= 4 is 15.7 Å². The van der Waals surface area contributed by atoms with E-state index in [9.17, 15) is 26.4 Å². The van der Waals surface area contributed by atoms with E-state index in [0.717, 1.165) is 12.1 Å². The van der Waals surface area contributed by atoms with Crippen LogP contribution < -0.4 is 0 Å².